The number of carbonyl (C=O) groups excluding carboxylic acids is 1. The molecule has 0 unspecified atom stereocenters. The molecule has 0 radical (unpaired) electrons. The minimum Gasteiger partial charge on any atom is -0.466 e. The number of carbonyl (C=O) groups is 1. The van der Waals surface area contributed by atoms with E-state index in [9.17, 15) is 4.79 Å². The van der Waals surface area contributed by atoms with E-state index in [4.69, 9.17) is 14.2 Å². The van der Waals surface area contributed by atoms with Crippen molar-refractivity contribution in [3.63, 3.8) is 0 Å². The van der Waals surface area contributed by atoms with E-state index in [1.807, 2.05) is 18.2 Å². The maximum absolute atomic E-state index is 12.2. The van der Waals surface area contributed by atoms with Crippen LogP contribution in [0.5, 0.6) is 17.2 Å². The van der Waals surface area contributed by atoms with E-state index in [1.54, 1.807) is 18.2 Å². The summed E-state index contributed by atoms with van der Waals surface area (Å²) in [7, 11) is 0. The molecule has 2 aliphatic heterocycles. The fourth-order valence-electron chi connectivity index (χ4n) is 2.39. The third-order valence-electron chi connectivity index (χ3n) is 3.41. The summed E-state index contributed by atoms with van der Waals surface area (Å²) in [6.45, 7) is 0.200. The molecule has 0 bridgehead atoms. The molecule has 0 fully saturated rings. The summed E-state index contributed by atoms with van der Waals surface area (Å²) in [5.74, 6) is 1.72. The summed E-state index contributed by atoms with van der Waals surface area (Å²) >= 11 is 3.48. The highest BCUT2D eigenvalue weighted by atomic mass is 79.9. The van der Waals surface area contributed by atoms with Gasteiger partial charge in [0.05, 0.1) is 5.56 Å². The standard InChI is InChI=1S/C15H10BrNO4/c16-10-6-13-12(19-7-20-13)5-9(10)15-17-14(18)8-3-1-2-4-11(8)21-15/h1-6,15H,7H2,(H,17,18)/t15-/m1/s1. The van der Waals surface area contributed by atoms with Crippen LogP contribution in [0.1, 0.15) is 22.1 Å². The number of ether oxygens (including phenoxy) is 3. The molecule has 106 valence electrons. The highest BCUT2D eigenvalue weighted by Crippen LogP contribution is 2.40. The number of halogens is 1. The largest absolute Gasteiger partial charge is 0.466 e. The van der Waals surface area contributed by atoms with E-state index >= 15 is 0 Å². The summed E-state index contributed by atoms with van der Waals surface area (Å²) in [5.41, 5.74) is 1.31. The first kappa shape index (κ1) is 12.5. The predicted octanol–water partition coefficient (Wildman–Crippen LogP) is 3.00. The Hall–Kier alpha value is -2.21. The molecule has 4 rings (SSSR count). The molecule has 6 heteroatoms. The first-order chi connectivity index (χ1) is 10.2. The fourth-order valence-corrected chi connectivity index (χ4v) is 2.92. The number of hydrogen-bond acceptors (Lipinski definition) is 4. The molecular formula is C15H10BrNO4. The molecule has 1 amide bonds. The van der Waals surface area contributed by atoms with E-state index in [1.165, 1.54) is 0 Å². The van der Waals surface area contributed by atoms with Crippen molar-refractivity contribution in [2.45, 2.75) is 6.23 Å². The average molecular weight is 348 g/mol. The molecule has 0 saturated carbocycles. The molecule has 2 heterocycles. The van der Waals surface area contributed by atoms with E-state index < -0.39 is 6.23 Å². The molecule has 5 nitrogen and oxygen atoms in total. The second-order valence-electron chi connectivity index (χ2n) is 4.69. The van der Waals surface area contributed by atoms with Gasteiger partial charge in [-0.3, -0.25) is 4.79 Å². The van der Waals surface area contributed by atoms with Crippen LogP contribution >= 0.6 is 15.9 Å². The van der Waals surface area contributed by atoms with Crippen molar-refractivity contribution in [3.8, 4) is 17.2 Å². The second kappa shape index (κ2) is 4.66. The Morgan fingerprint density at radius 2 is 1.86 bits per heavy atom. The van der Waals surface area contributed by atoms with Gasteiger partial charge in [-0.2, -0.15) is 0 Å². The minimum atomic E-state index is -0.573. The van der Waals surface area contributed by atoms with Crippen LogP contribution < -0.4 is 19.5 Å². The zero-order valence-corrected chi connectivity index (χ0v) is 12.3. The molecule has 0 spiro atoms. The lowest BCUT2D eigenvalue weighted by Crippen LogP contribution is -2.36. The van der Waals surface area contributed by atoms with Crippen LogP contribution in [-0.4, -0.2) is 12.7 Å². The number of para-hydroxylation sites is 1. The molecule has 1 N–H and O–H groups in total. The Balaban J connectivity index is 1.74. The van der Waals surface area contributed by atoms with Crippen molar-refractivity contribution in [2.24, 2.45) is 0 Å². The summed E-state index contributed by atoms with van der Waals surface area (Å²) in [6.07, 6.45) is -0.573. The fraction of sp³-hybridized carbons (Fsp3) is 0.133. The van der Waals surface area contributed by atoms with Crippen molar-refractivity contribution in [1.82, 2.24) is 5.32 Å². The number of hydrogen-bond donors (Lipinski definition) is 1. The average Bonchev–Trinajstić information content (AvgIpc) is 2.93. The van der Waals surface area contributed by atoms with Crippen LogP contribution in [0.2, 0.25) is 0 Å². The van der Waals surface area contributed by atoms with E-state index in [0.717, 1.165) is 10.0 Å². The summed E-state index contributed by atoms with van der Waals surface area (Å²) in [6, 6.07) is 10.8. The van der Waals surface area contributed by atoms with E-state index in [2.05, 4.69) is 21.2 Å². The van der Waals surface area contributed by atoms with Gasteiger partial charge in [-0.15, -0.1) is 0 Å². The highest BCUT2D eigenvalue weighted by Gasteiger charge is 2.29. The van der Waals surface area contributed by atoms with Gasteiger partial charge >= 0.3 is 0 Å². The van der Waals surface area contributed by atoms with Gasteiger partial charge in [-0.1, -0.05) is 28.1 Å². The van der Waals surface area contributed by atoms with Gasteiger partial charge in [-0.05, 0) is 24.3 Å². The molecule has 1 atom stereocenters. The van der Waals surface area contributed by atoms with Crippen molar-refractivity contribution in [2.75, 3.05) is 6.79 Å². The second-order valence-corrected chi connectivity index (χ2v) is 5.55. The zero-order valence-electron chi connectivity index (χ0n) is 10.8. The summed E-state index contributed by atoms with van der Waals surface area (Å²) in [4.78, 5) is 12.2. The van der Waals surface area contributed by atoms with Crippen molar-refractivity contribution in [1.29, 1.82) is 0 Å². The van der Waals surface area contributed by atoms with E-state index in [-0.39, 0.29) is 12.7 Å². The highest BCUT2D eigenvalue weighted by molar-refractivity contribution is 9.10. The van der Waals surface area contributed by atoms with Gasteiger partial charge in [0.15, 0.2) is 17.7 Å². The lowest BCUT2D eigenvalue weighted by atomic mass is 10.1. The molecule has 2 aromatic carbocycles. The van der Waals surface area contributed by atoms with Crippen LogP contribution in [0.3, 0.4) is 0 Å². The van der Waals surface area contributed by atoms with Crippen molar-refractivity contribution < 1.29 is 19.0 Å². The Kier molecular flexibility index (Phi) is 2.78. The first-order valence-electron chi connectivity index (χ1n) is 6.38. The molecule has 0 aromatic heterocycles. The summed E-state index contributed by atoms with van der Waals surface area (Å²) in [5, 5.41) is 2.83. The Bertz CT molecular complexity index is 746. The topological polar surface area (TPSA) is 56.8 Å². The monoisotopic (exact) mass is 347 g/mol. The number of fused-ring (bicyclic) bond motifs is 2. The maximum atomic E-state index is 12.2. The van der Waals surface area contributed by atoms with Gasteiger partial charge in [0, 0.05) is 10.0 Å². The minimum absolute atomic E-state index is 0.161. The van der Waals surface area contributed by atoms with Crippen LogP contribution in [0, 0.1) is 0 Å². The molecule has 0 aliphatic carbocycles. The van der Waals surface area contributed by atoms with Gasteiger partial charge in [0.2, 0.25) is 6.79 Å². The van der Waals surface area contributed by atoms with Gasteiger partial charge in [-0.25, -0.2) is 0 Å². The zero-order chi connectivity index (χ0) is 14.4. The normalized spacial score (nSPS) is 18.7. The van der Waals surface area contributed by atoms with Crippen molar-refractivity contribution >= 4 is 21.8 Å². The predicted molar refractivity (Wildman–Crippen MR) is 77.5 cm³/mol. The summed E-state index contributed by atoms with van der Waals surface area (Å²) < 4.78 is 17.3. The Morgan fingerprint density at radius 1 is 1.10 bits per heavy atom. The van der Waals surface area contributed by atoms with Crippen LogP contribution in [0.25, 0.3) is 0 Å². The lowest BCUT2D eigenvalue weighted by molar-refractivity contribution is 0.0754. The Labute approximate surface area is 128 Å². The van der Waals surface area contributed by atoms with Crippen molar-refractivity contribution in [3.05, 3.63) is 52.0 Å². The molecular weight excluding hydrogens is 338 g/mol. The molecule has 0 saturated heterocycles. The Morgan fingerprint density at radius 3 is 2.71 bits per heavy atom. The SMILES string of the molecule is O=C1N[C@@H](c2cc3c(cc2Br)OCO3)Oc2ccccc21. The number of amides is 1. The number of rotatable bonds is 1. The number of nitrogens with one attached hydrogen (secondary N) is 1. The van der Waals surface area contributed by atoms with Crippen LogP contribution in [-0.2, 0) is 0 Å². The molecule has 2 aromatic rings. The quantitative estimate of drug-likeness (QED) is 0.861. The number of benzene rings is 2. The maximum Gasteiger partial charge on any atom is 0.258 e. The smallest absolute Gasteiger partial charge is 0.258 e. The third kappa shape index (κ3) is 2.03. The first-order valence-corrected chi connectivity index (χ1v) is 7.17. The third-order valence-corrected chi connectivity index (χ3v) is 4.10. The van der Waals surface area contributed by atoms with Crippen LogP contribution in [0.15, 0.2) is 40.9 Å². The van der Waals surface area contributed by atoms with Gasteiger partial charge in [0.1, 0.15) is 5.75 Å². The van der Waals surface area contributed by atoms with Crippen LogP contribution in [0.4, 0.5) is 0 Å². The lowest BCUT2D eigenvalue weighted by Gasteiger charge is -2.27. The molecule has 2 aliphatic rings. The van der Waals surface area contributed by atoms with E-state index in [0.29, 0.717) is 22.8 Å². The molecule has 21 heavy (non-hydrogen) atoms. The van der Waals surface area contributed by atoms with Gasteiger partial charge < -0.3 is 19.5 Å². The van der Waals surface area contributed by atoms with Gasteiger partial charge in [0.25, 0.3) is 5.91 Å².